The number of hydrogen-bond donors (Lipinski definition) is 1. The average molecular weight is 399 g/mol. The van der Waals surface area contributed by atoms with E-state index in [-0.39, 0.29) is 17.9 Å². The number of hydrogen-bond acceptors (Lipinski definition) is 5. The van der Waals surface area contributed by atoms with Gasteiger partial charge in [-0.3, -0.25) is 9.59 Å². The Balaban J connectivity index is 1.36. The second-order valence-corrected chi connectivity index (χ2v) is 9.20. The Morgan fingerprint density at radius 2 is 1.89 bits per heavy atom. The third-order valence-electron chi connectivity index (χ3n) is 6.54. The first-order valence-electron chi connectivity index (χ1n) is 10.4. The second-order valence-electron chi connectivity index (χ2n) is 8.29. The van der Waals surface area contributed by atoms with Gasteiger partial charge in [0, 0.05) is 42.6 Å². The van der Waals surface area contributed by atoms with Crippen LogP contribution in [0.15, 0.2) is 17.6 Å². The van der Waals surface area contributed by atoms with Crippen molar-refractivity contribution < 1.29 is 9.59 Å². The Bertz CT molecular complexity index is 897. The summed E-state index contributed by atoms with van der Waals surface area (Å²) in [6, 6.07) is 2.02. The van der Waals surface area contributed by atoms with Crippen molar-refractivity contribution >= 4 is 33.2 Å². The summed E-state index contributed by atoms with van der Waals surface area (Å²) in [6.45, 7) is 4.90. The number of aromatic nitrogens is 1. The van der Waals surface area contributed by atoms with Gasteiger partial charge in [-0.15, -0.1) is 11.3 Å². The minimum Gasteiger partial charge on any atom is -0.346 e. The van der Waals surface area contributed by atoms with E-state index in [1.807, 2.05) is 10.3 Å². The van der Waals surface area contributed by atoms with Crippen LogP contribution in [0.5, 0.6) is 0 Å². The monoisotopic (exact) mass is 398 g/mol. The van der Waals surface area contributed by atoms with Crippen molar-refractivity contribution in [3.8, 4) is 0 Å². The summed E-state index contributed by atoms with van der Waals surface area (Å²) in [5.41, 5.74) is 1.12. The number of piperidine rings is 4. The molecule has 0 saturated carbocycles. The zero-order chi connectivity index (χ0) is 19.1. The Hall–Kier alpha value is -1.99. The minimum atomic E-state index is -0.122. The molecule has 0 spiro atoms. The maximum atomic E-state index is 13.0. The highest BCUT2D eigenvalue weighted by molar-refractivity contribution is 7.17. The van der Waals surface area contributed by atoms with E-state index in [1.54, 1.807) is 12.3 Å². The van der Waals surface area contributed by atoms with Gasteiger partial charge in [-0.05, 0) is 57.2 Å². The van der Waals surface area contributed by atoms with Crippen molar-refractivity contribution in [1.82, 2.24) is 20.1 Å². The molecule has 1 atom stereocenters. The van der Waals surface area contributed by atoms with Crippen molar-refractivity contribution in [3.63, 3.8) is 0 Å². The van der Waals surface area contributed by atoms with Gasteiger partial charge in [0.1, 0.15) is 5.69 Å². The van der Waals surface area contributed by atoms with Crippen LogP contribution in [0.2, 0.25) is 0 Å². The SMILES string of the molecule is O=C(NC1CN2CCC1CC2)c1cc2c(C(=O)N3CCCCC3)csc2cn1. The van der Waals surface area contributed by atoms with E-state index < -0.39 is 0 Å². The summed E-state index contributed by atoms with van der Waals surface area (Å²) in [5, 5.41) is 5.97. The van der Waals surface area contributed by atoms with Gasteiger partial charge < -0.3 is 15.1 Å². The molecule has 0 aromatic carbocycles. The number of carbonyl (C=O) groups is 2. The summed E-state index contributed by atoms with van der Waals surface area (Å²) in [6.07, 6.45) is 7.40. The van der Waals surface area contributed by atoms with Crippen LogP contribution >= 0.6 is 11.3 Å². The summed E-state index contributed by atoms with van der Waals surface area (Å²) in [4.78, 5) is 34.6. The van der Waals surface area contributed by atoms with E-state index in [1.165, 1.54) is 17.8 Å². The van der Waals surface area contributed by atoms with E-state index in [0.717, 1.165) is 68.5 Å². The quantitative estimate of drug-likeness (QED) is 0.863. The fourth-order valence-corrected chi connectivity index (χ4v) is 5.74. The van der Waals surface area contributed by atoms with Gasteiger partial charge in [0.05, 0.1) is 10.3 Å². The molecule has 6 nitrogen and oxygen atoms in total. The topological polar surface area (TPSA) is 65.5 Å². The van der Waals surface area contributed by atoms with Crippen molar-refractivity contribution in [2.24, 2.45) is 5.92 Å². The molecule has 7 heteroatoms. The van der Waals surface area contributed by atoms with Crippen LogP contribution in [0.3, 0.4) is 0 Å². The summed E-state index contributed by atoms with van der Waals surface area (Å²) in [5.74, 6) is 0.541. The molecule has 0 radical (unpaired) electrons. The number of nitrogens with zero attached hydrogens (tertiary/aromatic N) is 3. The standard InChI is InChI=1S/C21H26N4O2S/c26-20(23-18-12-24-8-4-14(18)5-9-24)17-10-15-16(13-28-19(15)11-22-17)21(27)25-6-2-1-3-7-25/h10-11,13-14,18H,1-9,12H2,(H,23,26). The number of rotatable bonds is 3. The molecule has 4 fully saturated rings. The Morgan fingerprint density at radius 1 is 1.11 bits per heavy atom. The number of amides is 2. The zero-order valence-electron chi connectivity index (χ0n) is 16.0. The maximum absolute atomic E-state index is 13.0. The molecular formula is C21H26N4O2S. The van der Waals surface area contributed by atoms with Crippen LogP contribution in [0.1, 0.15) is 53.0 Å². The molecule has 28 heavy (non-hydrogen) atoms. The van der Waals surface area contributed by atoms with Crippen LogP contribution in [0.4, 0.5) is 0 Å². The van der Waals surface area contributed by atoms with Gasteiger partial charge in [0.15, 0.2) is 0 Å². The number of likely N-dealkylation sites (tertiary alicyclic amines) is 1. The van der Waals surface area contributed by atoms with Gasteiger partial charge in [-0.2, -0.15) is 0 Å². The van der Waals surface area contributed by atoms with E-state index in [4.69, 9.17) is 0 Å². The number of carbonyl (C=O) groups excluding carboxylic acids is 2. The predicted octanol–water partition coefficient (Wildman–Crippen LogP) is 2.75. The molecule has 0 aliphatic carbocycles. The molecule has 2 aromatic rings. The number of nitrogens with one attached hydrogen (secondary N) is 1. The molecule has 4 aliphatic rings. The molecule has 2 aromatic heterocycles. The molecule has 4 saturated heterocycles. The van der Waals surface area contributed by atoms with E-state index in [0.29, 0.717) is 17.2 Å². The Kier molecular flexibility index (Phi) is 4.80. The fraction of sp³-hybridized carbons (Fsp3) is 0.571. The molecular weight excluding hydrogens is 372 g/mol. The van der Waals surface area contributed by atoms with Crippen LogP contribution in [-0.2, 0) is 0 Å². The summed E-state index contributed by atoms with van der Waals surface area (Å²) >= 11 is 1.52. The lowest BCUT2D eigenvalue weighted by molar-refractivity contribution is 0.0617. The van der Waals surface area contributed by atoms with Crippen molar-refractivity contribution in [3.05, 3.63) is 28.9 Å². The molecule has 1 N–H and O–H groups in total. The lowest BCUT2D eigenvalue weighted by Crippen LogP contribution is -2.57. The van der Waals surface area contributed by atoms with Crippen LogP contribution in [0.25, 0.3) is 10.1 Å². The van der Waals surface area contributed by atoms with Gasteiger partial charge in [0.25, 0.3) is 11.8 Å². The first kappa shape index (κ1) is 18.1. The van der Waals surface area contributed by atoms with E-state index >= 15 is 0 Å². The van der Waals surface area contributed by atoms with E-state index in [2.05, 4.69) is 15.2 Å². The van der Waals surface area contributed by atoms with Crippen molar-refractivity contribution in [2.45, 2.75) is 38.1 Å². The van der Waals surface area contributed by atoms with Gasteiger partial charge >= 0.3 is 0 Å². The number of pyridine rings is 1. The first-order valence-corrected chi connectivity index (χ1v) is 11.3. The largest absolute Gasteiger partial charge is 0.346 e. The van der Waals surface area contributed by atoms with Crippen LogP contribution in [0, 0.1) is 5.92 Å². The second kappa shape index (κ2) is 7.44. The average Bonchev–Trinajstić information content (AvgIpc) is 3.18. The molecule has 148 valence electrons. The van der Waals surface area contributed by atoms with Gasteiger partial charge in [-0.25, -0.2) is 4.98 Å². The molecule has 4 aliphatic heterocycles. The molecule has 1 unspecified atom stereocenters. The Morgan fingerprint density at radius 3 is 2.61 bits per heavy atom. The lowest BCUT2D eigenvalue weighted by Gasteiger charge is -2.44. The predicted molar refractivity (Wildman–Crippen MR) is 110 cm³/mol. The van der Waals surface area contributed by atoms with Gasteiger partial charge in [-0.1, -0.05) is 0 Å². The highest BCUT2D eigenvalue weighted by atomic mass is 32.1. The number of thiophene rings is 1. The summed E-state index contributed by atoms with van der Waals surface area (Å²) < 4.78 is 0.958. The van der Waals surface area contributed by atoms with E-state index in [9.17, 15) is 9.59 Å². The minimum absolute atomic E-state index is 0.0842. The van der Waals surface area contributed by atoms with Crippen molar-refractivity contribution in [2.75, 3.05) is 32.7 Å². The Labute approximate surface area is 168 Å². The first-order chi connectivity index (χ1) is 13.7. The van der Waals surface area contributed by atoms with Gasteiger partial charge in [0.2, 0.25) is 0 Å². The smallest absolute Gasteiger partial charge is 0.270 e. The molecule has 2 amide bonds. The maximum Gasteiger partial charge on any atom is 0.270 e. The van der Waals surface area contributed by atoms with Crippen LogP contribution in [-0.4, -0.2) is 65.4 Å². The number of fused-ring (bicyclic) bond motifs is 4. The highest BCUT2D eigenvalue weighted by Crippen LogP contribution is 2.29. The zero-order valence-corrected chi connectivity index (χ0v) is 16.8. The molecule has 6 heterocycles. The molecule has 2 bridgehead atoms. The van der Waals surface area contributed by atoms with Crippen molar-refractivity contribution in [1.29, 1.82) is 0 Å². The third kappa shape index (κ3) is 3.31. The van der Waals surface area contributed by atoms with Crippen LogP contribution < -0.4 is 5.32 Å². The normalized spacial score (nSPS) is 27.1. The highest BCUT2D eigenvalue weighted by Gasteiger charge is 2.35. The lowest BCUT2D eigenvalue weighted by atomic mass is 9.84. The third-order valence-corrected chi connectivity index (χ3v) is 7.47. The molecule has 6 rings (SSSR count). The summed E-state index contributed by atoms with van der Waals surface area (Å²) in [7, 11) is 0. The fourth-order valence-electron chi connectivity index (χ4n) is 4.86.